The van der Waals surface area contributed by atoms with E-state index in [4.69, 9.17) is 0 Å². The molecule has 0 aliphatic carbocycles. The van der Waals surface area contributed by atoms with Crippen molar-refractivity contribution in [1.29, 1.82) is 0 Å². The largest absolute Gasteiger partial charge is 0.381 e. The molecule has 34 heavy (non-hydrogen) atoms. The van der Waals surface area contributed by atoms with Crippen LogP contribution >= 0.6 is 0 Å². The fourth-order valence-electron chi connectivity index (χ4n) is 4.24. The predicted octanol–water partition coefficient (Wildman–Crippen LogP) is 2.70. The van der Waals surface area contributed by atoms with Gasteiger partial charge in [0.1, 0.15) is 11.3 Å². The minimum Gasteiger partial charge on any atom is -0.381 e. The van der Waals surface area contributed by atoms with E-state index in [-0.39, 0.29) is 5.56 Å². The smallest absolute Gasteiger partial charge is 0.275 e. The fraction of sp³-hybridized carbons (Fsp3) is 0.333. The van der Waals surface area contributed by atoms with Gasteiger partial charge in [-0.15, -0.1) is 0 Å². The lowest BCUT2D eigenvalue weighted by atomic mass is 10.1. The molecule has 5 rings (SSSR count). The van der Waals surface area contributed by atoms with Gasteiger partial charge in [-0.1, -0.05) is 12.1 Å². The van der Waals surface area contributed by atoms with Crippen LogP contribution in [0.3, 0.4) is 0 Å². The molecule has 1 aliphatic heterocycles. The van der Waals surface area contributed by atoms with Crippen LogP contribution in [0.1, 0.15) is 5.56 Å². The van der Waals surface area contributed by atoms with Crippen LogP contribution in [0.5, 0.6) is 0 Å². The van der Waals surface area contributed by atoms with Crippen LogP contribution in [0, 0.1) is 6.92 Å². The maximum absolute atomic E-state index is 13.4. The van der Waals surface area contributed by atoms with Crippen molar-refractivity contribution in [2.75, 3.05) is 49.3 Å². The van der Waals surface area contributed by atoms with Crippen LogP contribution in [-0.2, 0) is 13.6 Å². The Labute approximate surface area is 197 Å². The highest BCUT2D eigenvalue weighted by Crippen LogP contribution is 2.36. The van der Waals surface area contributed by atoms with Crippen molar-refractivity contribution < 1.29 is 0 Å². The van der Waals surface area contributed by atoms with Crippen LogP contribution < -0.4 is 21.1 Å². The summed E-state index contributed by atoms with van der Waals surface area (Å²) in [4.78, 5) is 26.7. The van der Waals surface area contributed by atoms with E-state index in [0.29, 0.717) is 23.8 Å². The number of para-hydroxylation sites is 1. The zero-order valence-corrected chi connectivity index (χ0v) is 19.9. The molecule has 10 heteroatoms. The summed E-state index contributed by atoms with van der Waals surface area (Å²) in [6.07, 6.45) is 5.42. The van der Waals surface area contributed by atoms with Crippen molar-refractivity contribution >= 4 is 39.7 Å². The molecule has 10 nitrogen and oxygen atoms in total. The van der Waals surface area contributed by atoms with Crippen LogP contribution in [-0.4, -0.2) is 62.9 Å². The van der Waals surface area contributed by atoms with Crippen LogP contribution in [0.2, 0.25) is 0 Å². The number of hydrogen-bond donors (Lipinski definition) is 2. The third kappa shape index (κ3) is 4.08. The first-order valence-electron chi connectivity index (χ1n) is 11.3. The summed E-state index contributed by atoms with van der Waals surface area (Å²) in [7, 11) is 5.82. The van der Waals surface area contributed by atoms with Gasteiger partial charge in [0.2, 0.25) is 5.95 Å². The number of fused-ring (bicyclic) bond motifs is 2. The molecule has 0 spiro atoms. The molecule has 3 aromatic heterocycles. The Morgan fingerprint density at radius 1 is 1.21 bits per heavy atom. The number of hydrogen-bond acceptors (Lipinski definition) is 8. The van der Waals surface area contributed by atoms with Crippen molar-refractivity contribution in [1.82, 2.24) is 29.2 Å². The fourth-order valence-corrected chi connectivity index (χ4v) is 4.24. The lowest BCUT2D eigenvalue weighted by molar-refractivity contribution is 0.373. The van der Waals surface area contributed by atoms with Gasteiger partial charge in [-0.3, -0.25) is 14.0 Å². The minimum absolute atomic E-state index is 0.0944. The standard InChI is InChI=1S/C24H29N9O/c1-16-6-5-7-19-21(16)25-8-9-33(19)20-12-17-13-26-24(29-22(17)31(4)23(20)34)28-18-14-27-32(15-18)11-10-30(2)3/h5-7,12-15,25H,8-11H2,1-4H3,(H,26,28,29). The molecule has 0 saturated heterocycles. The summed E-state index contributed by atoms with van der Waals surface area (Å²) < 4.78 is 3.47. The molecule has 0 atom stereocenters. The van der Waals surface area contributed by atoms with Crippen molar-refractivity contribution in [2.45, 2.75) is 13.5 Å². The average Bonchev–Trinajstić information content (AvgIpc) is 3.28. The summed E-state index contributed by atoms with van der Waals surface area (Å²) in [5.41, 5.74) is 5.13. The number of aromatic nitrogens is 5. The molecular weight excluding hydrogens is 430 g/mol. The van der Waals surface area contributed by atoms with Gasteiger partial charge in [-0.2, -0.15) is 10.1 Å². The Morgan fingerprint density at radius 3 is 2.88 bits per heavy atom. The second-order valence-electron chi connectivity index (χ2n) is 8.83. The van der Waals surface area contributed by atoms with E-state index in [0.717, 1.165) is 47.6 Å². The molecule has 0 amide bonds. The highest BCUT2D eigenvalue weighted by molar-refractivity contribution is 5.85. The number of nitrogens with one attached hydrogen (secondary N) is 2. The molecule has 4 heterocycles. The molecule has 0 unspecified atom stereocenters. The van der Waals surface area contributed by atoms with E-state index in [9.17, 15) is 4.79 Å². The second-order valence-corrected chi connectivity index (χ2v) is 8.83. The first-order chi connectivity index (χ1) is 16.4. The van der Waals surface area contributed by atoms with Crippen LogP contribution in [0.25, 0.3) is 11.0 Å². The number of nitrogens with zero attached hydrogens (tertiary/aromatic N) is 7. The maximum atomic E-state index is 13.4. The SMILES string of the molecule is Cc1cccc2c1NCCN2c1cc2cnc(Nc3cnn(CCN(C)C)c3)nc2n(C)c1=O. The summed E-state index contributed by atoms with van der Waals surface area (Å²) in [5.74, 6) is 0.422. The molecule has 0 radical (unpaired) electrons. The zero-order valence-electron chi connectivity index (χ0n) is 19.9. The summed E-state index contributed by atoms with van der Waals surface area (Å²) >= 11 is 0. The maximum Gasteiger partial charge on any atom is 0.275 e. The molecule has 1 aliphatic rings. The van der Waals surface area contributed by atoms with E-state index in [2.05, 4.69) is 48.5 Å². The first kappa shape index (κ1) is 21.9. The Balaban J connectivity index is 1.46. The van der Waals surface area contributed by atoms with E-state index < -0.39 is 0 Å². The van der Waals surface area contributed by atoms with E-state index in [1.807, 2.05) is 43.2 Å². The number of aryl methyl sites for hydroxylation is 2. The normalized spacial score (nSPS) is 13.3. The molecule has 4 aromatic rings. The van der Waals surface area contributed by atoms with Crippen molar-refractivity contribution in [3.05, 3.63) is 58.8 Å². The average molecular weight is 460 g/mol. The van der Waals surface area contributed by atoms with E-state index in [1.54, 1.807) is 24.0 Å². The molecule has 176 valence electrons. The zero-order chi connectivity index (χ0) is 23.8. The Bertz CT molecular complexity index is 1410. The first-order valence-corrected chi connectivity index (χ1v) is 11.3. The van der Waals surface area contributed by atoms with Gasteiger partial charge >= 0.3 is 0 Å². The topological polar surface area (TPSA) is 96.1 Å². The van der Waals surface area contributed by atoms with Gasteiger partial charge in [0.15, 0.2) is 0 Å². The molecule has 1 aromatic carbocycles. The van der Waals surface area contributed by atoms with E-state index >= 15 is 0 Å². The van der Waals surface area contributed by atoms with Gasteiger partial charge in [0.05, 0.1) is 29.8 Å². The number of likely N-dealkylation sites (N-methyl/N-ethyl adjacent to an activating group) is 1. The third-order valence-electron chi connectivity index (χ3n) is 6.06. The molecule has 0 bridgehead atoms. The highest BCUT2D eigenvalue weighted by atomic mass is 16.1. The number of anilines is 5. The summed E-state index contributed by atoms with van der Waals surface area (Å²) in [5, 5.41) is 11.8. The highest BCUT2D eigenvalue weighted by Gasteiger charge is 2.23. The lowest BCUT2D eigenvalue weighted by Crippen LogP contribution is -2.35. The monoisotopic (exact) mass is 459 g/mol. The quantitative estimate of drug-likeness (QED) is 0.454. The van der Waals surface area contributed by atoms with Gasteiger partial charge in [0.25, 0.3) is 5.56 Å². The third-order valence-corrected chi connectivity index (χ3v) is 6.06. The van der Waals surface area contributed by atoms with Crippen molar-refractivity contribution in [3.8, 4) is 0 Å². The molecule has 0 fully saturated rings. The van der Waals surface area contributed by atoms with Crippen LogP contribution in [0.4, 0.5) is 28.7 Å². The molecule has 0 saturated carbocycles. The second kappa shape index (κ2) is 8.79. The molecular formula is C24H29N9O. The van der Waals surface area contributed by atoms with Crippen molar-refractivity contribution in [3.63, 3.8) is 0 Å². The number of pyridine rings is 1. The number of benzene rings is 1. The predicted molar refractivity (Wildman–Crippen MR) is 136 cm³/mol. The van der Waals surface area contributed by atoms with Crippen molar-refractivity contribution in [2.24, 2.45) is 7.05 Å². The Kier molecular flexibility index (Phi) is 5.66. The van der Waals surface area contributed by atoms with Gasteiger partial charge < -0.3 is 20.4 Å². The number of rotatable bonds is 6. The molecule has 2 N–H and O–H groups in total. The minimum atomic E-state index is -0.0944. The van der Waals surface area contributed by atoms with Crippen LogP contribution in [0.15, 0.2) is 47.7 Å². The van der Waals surface area contributed by atoms with Gasteiger partial charge in [-0.05, 0) is 38.7 Å². The Morgan fingerprint density at radius 2 is 2.06 bits per heavy atom. The lowest BCUT2D eigenvalue weighted by Gasteiger charge is -2.32. The Hall–Kier alpha value is -3.92. The van der Waals surface area contributed by atoms with E-state index in [1.165, 1.54) is 0 Å². The summed E-state index contributed by atoms with van der Waals surface area (Å²) in [6, 6.07) is 8.02. The van der Waals surface area contributed by atoms with Gasteiger partial charge in [0, 0.05) is 44.5 Å². The summed E-state index contributed by atoms with van der Waals surface area (Å²) in [6.45, 7) is 5.23. The van der Waals surface area contributed by atoms with Gasteiger partial charge in [-0.25, -0.2) is 4.98 Å².